The molecule has 1 aromatic carbocycles. The Hall–Kier alpha value is -1.36. The van der Waals surface area contributed by atoms with Gasteiger partial charge in [0, 0.05) is 11.0 Å². The maximum Gasteiger partial charge on any atom is 0.396 e. The molecular formula is C10H10BrNO3. The zero-order chi connectivity index (χ0) is 11.3. The molecule has 0 saturated carbocycles. The molecule has 0 aliphatic rings. The van der Waals surface area contributed by atoms with Crippen LogP contribution in [0.25, 0.3) is 0 Å². The topological polar surface area (TPSA) is 55.4 Å². The lowest BCUT2D eigenvalue weighted by atomic mass is 10.2. The fourth-order valence-electron chi connectivity index (χ4n) is 0.982. The Labute approximate surface area is 95.7 Å². The highest BCUT2D eigenvalue weighted by atomic mass is 79.9. The molecule has 1 rings (SSSR count). The number of ether oxygens (including phenoxy) is 1. The van der Waals surface area contributed by atoms with Gasteiger partial charge in [0.2, 0.25) is 0 Å². The van der Waals surface area contributed by atoms with E-state index in [1.807, 2.05) is 24.3 Å². The zero-order valence-electron chi connectivity index (χ0n) is 8.12. The Balaban J connectivity index is 2.54. The van der Waals surface area contributed by atoms with Crippen LogP contribution in [0.5, 0.6) is 0 Å². The second-order valence-electron chi connectivity index (χ2n) is 2.77. The molecule has 0 spiro atoms. The monoisotopic (exact) mass is 271 g/mol. The van der Waals surface area contributed by atoms with Crippen molar-refractivity contribution in [3.63, 3.8) is 0 Å². The third kappa shape index (κ3) is 3.36. The van der Waals surface area contributed by atoms with Gasteiger partial charge in [-0.1, -0.05) is 34.1 Å². The summed E-state index contributed by atoms with van der Waals surface area (Å²) in [6.45, 7) is 0.287. The van der Waals surface area contributed by atoms with E-state index in [0.717, 1.165) is 10.0 Å². The van der Waals surface area contributed by atoms with Crippen LogP contribution in [-0.2, 0) is 20.9 Å². The fraction of sp³-hybridized carbons (Fsp3) is 0.200. The molecule has 0 saturated heterocycles. The van der Waals surface area contributed by atoms with Gasteiger partial charge in [0.05, 0.1) is 7.11 Å². The average molecular weight is 272 g/mol. The summed E-state index contributed by atoms with van der Waals surface area (Å²) in [5.74, 6) is -1.63. The number of nitrogens with one attached hydrogen (secondary N) is 1. The maximum atomic E-state index is 11.1. The van der Waals surface area contributed by atoms with Crippen LogP contribution < -0.4 is 5.32 Å². The molecule has 80 valence electrons. The molecule has 15 heavy (non-hydrogen) atoms. The van der Waals surface area contributed by atoms with Crippen molar-refractivity contribution < 1.29 is 14.3 Å². The molecule has 1 amide bonds. The van der Waals surface area contributed by atoms with Gasteiger partial charge in [0.1, 0.15) is 0 Å². The first-order valence-electron chi connectivity index (χ1n) is 4.24. The SMILES string of the molecule is COC(=O)C(=O)NCc1ccccc1Br. The van der Waals surface area contributed by atoms with Crippen LogP contribution in [0.4, 0.5) is 0 Å². The summed E-state index contributed by atoms with van der Waals surface area (Å²) in [7, 11) is 1.17. The minimum Gasteiger partial charge on any atom is -0.462 e. The quantitative estimate of drug-likeness (QED) is 0.651. The lowest BCUT2D eigenvalue weighted by Gasteiger charge is -2.05. The summed E-state index contributed by atoms with van der Waals surface area (Å²) in [6, 6.07) is 7.43. The van der Waals surface area contributed by atoms with Gasteiger partial charge in [0.25, 0.3) is 0 Å². The van der Waals surface area contributed by atoms with E-state index in [4.69, 9.17) is 0 Å². The molecule has 0 bridgehead atoms. The number of rotatable bonds is 2. The van der Waals surface area contributed by atoms with Gasteiger partial charge in [0.15, 0.2) is 0 Å². The highest BCUT2D eigenvalue weighted by Gasteiger charge is 2.12. The summed E-state index contributed by atoms with van der Waals surface area (Å²) in [4.78, 5) is 21.8. The van der Waals surface area contributed by atoms with Crippen LogP contribution in [0, 0.1) is 0 Å². The van der Waals surface area contributed by atoms with E-state index in [1.165, 1.54) is 7.11 Å². The first-order chi connectivity index (χ1) is 7.15. The van der Waals surface area contributed by atoms with E-state index < -0.39 is 11.9 Å². The Morgan fingerprint density at radius 1 is 1.40 bits per heavy atom. The van der Waals surface area contributed by atoms with Gasteiger partial charge >= 0.3 is 11.9 Å². The van der Waals surface area contributed by atoms with Crippen LogP contribution >= 0.6 is 15.9 Å². The molecule has 0 fully saturated rings. The van der Waals surface area contributed by atoms with Crippen LogP contribution in [0.3, 0.4) is 0 Å². The second kappa shape index (κ2) is 5.50. The lowest BCUT2D eigenvalue weighted by molar-refractivity contribution is -0.152. The number of carbonyl (C=O) groups is 2. The van der Waals surface area contributed by atoms with Crippen molar-refractivity contribution in [3.05, 3.63) is 34.3 Å². The number of esters is 1. The number of hydrogen-bond acceptors (Lipinski definition) is 3. The van der Waals surface area contributed by atoms with Gasteiger partial charge in [-0.05, 0) is 11.6 Å². The summed E-state index contributed by atoms with van der Waals surface area (Å²) in [5.41, 5.74) is 0.898. The van der Waals surface area contributed by atoms with Crippen LogP contribution in [-0.4, -0.2) is 19.0 Å². The first-order valence-corrected chi connectivity index (χ1v) is 5.04. The van der Waals surface area contributed by atoms with E-state index in [2.05, 4.69) is 26.0 Å². The Morgan fingerprint density at radius 3 is 2.67 bits per heavy atom. The molecule has 0 heterocycles. The summed E-state index contributed by atoms with van der Waals surface area (Å²) < 4.78 is 5.15. The van der Waals surface area contributed by atoms with Crippen molar-refractivity contribution in [1.29, 1.82) is 0 Å². The molecule has 0 aliphatic carbocycles. The van der Waals surface area contributed by atoms with Crippen LogP contribution in [0.1, 0.15) is 5.56 Å². The zero-order valence-corrected chi connectivity index (χ0v) is 9.71. The second-order valence-corrected chi connectivity index (χ2v) is 3.62. The third-order valence-electron chi connectivity index (χ3n) is 1.77. The Kier molecular flexibility index (Phi) is 4.30. The summed E-state index contributed by atoms with van der Waals surface area (Å²) in [5, 5.41) is 2.45. The number of methoxy groups -OCH3 is 1. The fourth-order valence-corrected chi connectivity index (χ4v) is 1.41. The van der Waals surface area contributed by atoms with E-state index in [-0.39, 0.29) is 6.54 Å². The number of amides is 1. The molecule has 0 aliphatic heterocycles. The van der Waals surface area contributed by atoms with Crippen molar-refractivity contribution in [2.45, 2.75) is 6.54 Å². The lowest BCUT2D eigenvalue weighted by Crippen LogP contribution is -2.31. The van der Waals surface area contributed by atoms with Gasteiger partial charge < -0.3 is 10.1 Å². The molecule has 1 aromatic rings. The van der Waals surface area contributed by atoms with Gasteiger partial charge in [-0.2, -0.15) is 0 Å². The van der Waals surface area contributed by atoms with E-state index in [9.17, 15) is 9.59 Å². The Bertz CT molecular complexity index is 379. The van der Waals surface area contributed by atoms with Crippen molar-refractivity contribution in [2.75, 3.05) is 7.11 Å². The molecule has 0 atom stereocenters. The van der Waals surface area contributed by atoms with Crippen molar-refractivity contribution in [3.8, 4) is 0 Å². The predicted octanol–water partition coefficient (Wildman–Crippen LogP) is 1.24. The molecule has 1 N–H and O–H groups in total. The first kappa shape index (κ1) is 11.7. The van der Waals surface area contributed by atoms with Crippen LogP contribution in [0.15, 0.2) is 28.7 Å². The number of benzene rings is 1. The maximum absolute atomic E-state index is 11.1. The molecule has 0 unspecified atom stereocenters. The van der Waals surface area contributed by atoms with Crippen LogP contribution in [0.2, 0.25) is 0 Å². The molecule has 4 nitrogen and oxygen atoms in total. The molecule has 5 heteroatoms. The van der Waals surface area contributed by atoms with E-state index in [1.54, 1.807) is 0 Å². The highest BCUT2D eigenvalue weighted by Crippen LogP contribution is 2.15. The minimum absolute atomic E-state index is 0.287. The highest BCUT2D eigenvalue weighted by molar-refractivity contribution is 9.10. The normalized spacial score (nSPS) is 9.47. The number of carbonyl (C=O) groups excluding carboxylic acids is 2. The van der Waals surface area contributed by atoms with Crippen molar-refractivity contribution >= 4 is 27.8 Å². The van der Waals surface area contributed by atoms with E-state index >= 15 is 0 Å². The molecule has 0 radical (unpaired) electrons. The predicted molar refractivity (Wildman–Crippen MR) is 58.0 cm³/mol. The minimum atomic E-state index is -0.887. The van der Waals surface area contributed by atoms with Gasteiger partial charge in [-0.15, -0.1) is 0 Å². The Morgan fingerprint density at radius 2 is 2.07 bits per heavy atom. The van der Waals surface area contributed by atoms with Crippen molar-refractivity contribution in [1.82, 2.24) is 5.32 Å². The number of hydrogen-bond donors (Lipinski definition) is 1. The van der Waals surface area contributed by atoms with E-state index in [0.29, 0.717) is 0 Å². The van der Waals surface area contributed by atoms with Gasteiger partial charge in [-0.3, -0.25) is 4.79 Å². The third-order valence-corrected chi connectivity index (χ3v) is 2.54. The number of halogens is 1. The molecular weight excluding hydrogens is 262 g/mol. The summed E-state index contributed by atoms with van der Waals surface area (Å²) in [6.07, 6.45) is 0. The van der Waals surface area contributed by atoms with Crippen molar-refractivity contribution in [2.24, 2.45) is 0 Å². The largest absolute Gasteiger partial charge is 0.462 e. The standard InChI is InChI=1S/C10H10BrNO3/c1-15-10(14)9(13)12-6-7-4-2-3-5-8(7)11/h2-5H,6H2,1H3,(H,12,13). The smallest absolute Gasteiger partial charge is 0.396 e. The van der Waals surface area contributed by atoms with Gasteiger partial charge in [-0.25, -0.2) is 4.79 Å². The molecule has 0 aromatic heterocycles. The summed E-state index contributed by atoms with van der Waals surface area (Å²) >= 11 is 3.33. The average Bonchev–Trinajstić information content (AvgIpc) is 2.26.